The number of carbonyl (C=O) groups excluding carboxylic acids is 1. The predicted molar refractivity (Wildman–Crippen MR) is 98.7 cm³/mol. The van der Waals surface area contributed by atoms with Crippen molar-refractivity contribution in [3.8, 4) is 5.75 Å². The molecule has 3 aromatic carbocycles. The third kappa shape index (κ3) is 3.40. The summed E-state index contributed by atoms with van der Waals surface area (Å²) >= 11 is 0. The fourth-order valence-corrected chi connectivity index (χ4v) is 2.68. The predicted octanol–water partition coefficient (Wildman–Crippen LogP) is 4.90. The van der Waals surface area contributed by atoms with Crippen molar-refractivity contribution in [2.45, 2.75) is 19.8 Å². The minimum Gasteiger partial charge on any atom is -0.497 e. The summed E-state index contributed by atoms with van der Waals surface area (Å²) in [5.74, 6) is 0.602. The van der Waals surface area contributed by atoms with Crippen molar-refractivity contribution in [3.63, 3.8) is 0 Å². The highest BCUT2D eigenvalue weighted by Crippen LogP contribution is 2.26. The van der Waals surface area contributed by atoms with Crippen LogP contribution in [0, 0.1) is 6.92 Å². The highest BCUT2D eigenvalue weighted by molar-refractivity contribution is 5.96. The minimum atomic E-state index is -0.224. The molecule has 0 aliphatic rings. The summed E-state index contributed by atoms with van der Waals surface area (Å²) in [7, 11) is 1.66. The molecule has 0 spiro atoms. The van der Waals surface area contributed by atoms with Gasteiger partial charge in [-0.1, -0.05) is 42.0 Å². The molecule has 3 aromatic rings. The molecular weight excluding hydrogens is 298 g/mol. The summed E-state index contributed by atoms with van der Waals surface area (Å²) in [4.78, 5) is 12.5. The molecule has 0 aromatic heterocycles. The molecule has 0 saturated carbocycles. The Hall–Kier alpha value is -2.81. The Kier molecular flexibility index (Phi) is 4.52. The summed E-state index contributed by atoms with van der Waals surface area (Å²) in [6.07, 6.45) is 0. The topological polar surface area (TPSA) is 38.3 Å². The van der Waals surface area contributed by atoms with Crippen LogP contribution in [0.4, 0.5) is 5.69 Å². The number of amides is 1. The Balaban J connectivity index is 1.80. The van der Waals surface area contributed by atoms with Gasteiger partial charge in [0.2, 0.25) is 5.91 Å². The van der Waals surface area contributed by atoms with Crippen LogP contribution in [0.3, 0.4) is 0 Å². The largest absolute Gasteiger partial charge is 0.497 e. The first-order valence-corrected chi connectivity index (χ1v) is 8.02. The van der Waals surface area contributed by atoms with Crippen LogP contribution in [0.5, 0.6) is 5.75 Å². The van der Waals surface area contributed by atoms with Crippen molar-refractivity contribution in [2.75, 3.05) is 12.4 Å². The van der Waals surface area contributed by atoms with E-state index in [1.165, 1.54) is 5.56 Å². The van der Waals surface area contributed by atoms with E-state index in [-0.39, 0.29) is 11.8 Å². The van der Waals surface area contributed by atoms with Gasteiger partial charge < -0.3 is 10.1 Å². The van der Waals surface area contributed by atoms with Gasteiger partial charge in [0.25, 0.3) is 0 Å². The quantitative estimate of drug-likeness (QED) is 0.743. The molecule has 3 rings (SSSR count). The van der Waals surface area contributed by atoms with Crippen LogP contribution in [0.25, 0.3) is 10.8 Å². The Morgan fingerprint density at radius 2 is 1.62 bits per heavy atom. The summed E-state index contributed by atoms with van der Waals surface area (Å²) in [5, 5.41) is 5.18. The van der Waals surface area contributed by atoms with Gasteiger partial charge in [-0.2, -0.15) is 0 Å². The molecule has 24 heavy (non-hydrogen) atoms. The van der Waals surface area contributed by atoms with Gasteiger partial charge in [-0.3, -0.25) is 4.79 Å². The van der Waals surface area contributed by atoms with Gasteiger partial charge in [0.1, 0.15) is 5.75 Å². The zero-order valence-corrected chi connectivity index (χ0v) is 14.2. The van der Waals surface area contributed by atoms with Crippen molar-refractivity contribution >= 4 is 22.4 Å². The smallest absolute Gasteiger partial charge is 0.231 e. The fourth-order valence-electron chi connectivity index (χ4n) is 2.68. The third-order valence-electron chi connectivity index (χ3n) is 4.28. The number of fused-ring (bicyclic) bond motifs is 1. The lowest BCUT2D eigenvalue weighted by Gasteiger charge is -2.14. The van der Waals surface area contributed by atoms with Gasteiger partial charge in [-0.05, 0) is 54.4 Å². The zero-order chi connectivity index (χ0) is 17.1. The lowest BCUT2D eigenvalue weighted by molar-refractivity contribution is -0.117. The van der Waals surface area contributed by atoms with Crippen LogP contribution in [0.2, 0.25) is 0 Å². The number of rotatable bonds is 4. The number of hydrogen-bond acceptors (Lipinski definition) is 2. The summed E-state index contributed by atoms with van der Waals surface area (Å²) in [6.45, 7) is 3.95. The molecule has 0 aliphatic heterocycles. The first-order valence-electron chi connectivity index (χ1n) is 8.02. The molecule has 0 radical (unpaired) electrons. The average molecular weight is 319 g/mol. The number of anilines is 1. The van der Waals surface area contributed by atoms with Crippen molar-refractivity contribution in [1.29, 1.82) is 0 Å². The zero-order valence-electron chi connectivity index (χ0n) is 14.2. The van der Waals surface area contributed by atoms with Crippen molar-refractivity contribution in [1.82, 2.24) is 0 Å². The minimum absolute atomic E-state index is 0.00767. The van der Waals surface area contributed by atoms with E-state index in [9.17, 15) is 4.79 Å². The number of benzene rings is 3. The van der Waals surface area contributed by atoms with Gasteiger partial charge in [-0.25, -0.2) is 0 Å². The van der Waals surface area contributed by atoms with Crippen molar-refractivity contribution in [2.24, 2.45) is 0 Å². The van der Waals surface area contributed by atoms with E-state index in [1.54, 1.807) is 7.11 Å². The van der Waals surface area contributed by atoms with Crippen LogP contribution < -0.4 is 10.1 Å². The monoisotopic (exact) mass is 319 g/mol. The maximum atomic E-state index is 12.5. The van der Waals surface area contributed by atoms with E-state index in [0.29, 0.717) is 0 Å². The van der Waals surface area contributed by atoms with Crippen LogP contribution in [-0.4, -0.2) is 13.0 Å². The van der Waals surface area contributed by atoms with Crippen LogP contribution in [0.15, 0.2) is 60.7 Å². The fraction of sp³-hybridized carbons (Fsp3) is 0.190. The number of aryl methyl sites for hydroxylation is 1. The lowest BCUT2D eigenvalue weighted by Crippen LogP contribution is -2.18. The maximum absolute atomic E-state index is 12.5. The molecule has 0 heterocycles. The molecule has 1 atom stereocenters. The highest BCUT2D eigenvalue weighted by Gasteiger charge is 2.15. The lowest BCUT2D eigenvalue weighted by atomic mass is 9.97. The standard InChI is InChI=1S/C21H21NO2/c1-14-4-9-19(10-5-14)22-21(23)15(2)16-6-7-18-13-20(24-3)11-8-17(18)12-16/h4-13,15H,1-3H3,(H,22,23). The molecule has 0 fully saturated rings. The number of methoxy groups -OCH3 is 1. The molecule has 0 saturated heterocycles. The molecule has 1 amide bonds. The average Bonchev–Trinajstić information content (AvgIpc) is 2.62. The van der Waals surface area contributed by atoms with Gasteiger partial charge in [0.05, 0.1) is 13.0 Å². The molecule has 1 N–H and O–H groups in total. The molecule has 0 bridgehead atoms. The highest BCUT2D eigenvalue weighted by atomic mass is 16.5. The maximum Gasteiger partial charge on any atom is 0.231 e. The van der Waals surface area contributed by atoms with E-state index >= 15 is 0 Å². The van der Waals surface area contributed by atoms with Crippen LogP contribution >= 0.6 is 0 Å². The second kappa shape index (κ2) is 6.75. The van der Waals surface area contributed by atoms with Crippen LogP contribution in [0.1, 0.15) is 24.0 Å². The number of hydrogen-bond donors (Lipinski definition) is 1. The second-order valence-electron chi connectivity index (χ2n) is 6.05. The Labute approximate surface area is 142 Å². The van der Waals surface area contributed by atoms with Gasteiger partial charge in [-0.15, -0.1) is 0 Å². The number of carbonyl (C=O) groups is 1. The van der Waals surface area contributed by atoms with E-state index in [1.807, 2.05) is 68.4 Å². The van der Waals surface area contributed by atoms with Crippen molar-refractivity contribution < 1.29 is 9.53 Å². The van der Waals surface area contributed by atoms with E-state index < -0.39 is 0 Å². The Morgan fingerprint density at radius 3 is 2.33 bits per heavy atom. The summed E-state index contributed by atoms with van der Waals surface area (Å²) < 4.78 is 5.25. The Bertz CT molecular complexity index is 869. The summed E-state index contributed by atoms with van der Waals surface area (Å²) in [5.41, 5.74) is 2.99. The molecule has 3 heteroatoms. The van der Waals surface area contributed by atoms with Crippen molar-refractivity contribution in [3.05, 3.63) is 71.8 Å². The first-order chi connectivity index (χ1) is 11.6. The molecule has 122 valence electrons. The van der Waals surface area contributed by atoms with Gasteiger partial charge >= 0.3 is 0 Å². The third-order valence-corrected chi connectivity index (χ3v) is 4.28. The number of nitrogens with one attached hydrogen (secondary N) is 1. The molecule has 0 aliphatic carbocycles. The van der Waals surface area contributed by atoms with E-state index in [2.05, 4.69) is 11.4 Å². The Morgan fingerprint density at radius 1 is 0.958 bits per heavy atom. The van der Waals surface area contributed by atoms with E-state index in [4.69, 9.17) is 4.74 Å². The molecule has 1 unspecified atom stereocenters. The molecular formula is C21H21NO2. The second-order valence-corrected chi connectivity index (χ2v) is 6.05. The normalized spacial score (nSPS) is 12.0. The van der Waals surface area contributed by atoms with Gasteiger partial charge in [0.15, 0.2) is 0 Å². The SMILES string of the molecule is COc1ccc2cc(C(C)C(=O)Nc3ccc(C)cc3)ccc2c1. The van der Waals surface area contributed by atoms with E-state index in [0.717, 1.165) is 27.8 Å². The summed E-state index contributed by atoms with van der Waals surface area (Å²) in [6, 6.07) is 19.9. The first kappa shape index (κ1) is 16.1. The van der Waals surface area contributed by atoms with Gasteiger partial charge in [0, 0.05) is 5.69 Å². The van der Waals surface area contributed by atoms with Crippen LogP contribution in [-0.2, 0) is 4.79 Å². The molecule has 3 nitrogen and oxygen atoms in total. The number of ether oxygens (including phenoxy) is 1.